The number of hydrogen-bond donors (Lipinski definition) is 2. The SMILES string of the molecule is Cc1ccc(CNc2ccc3c(c2)CCCC(=O)N3)c(C)n1. The standard InChI is InChI=1S/C18H21N3O/c1-12-6-7-15(13(2)20-12)11-19-16-8-9-17-14(10-16)4-3-5-18(22)21-17/h6-10,19H,3-5,11H2,1-2H3,(H,21,22). The van der Waals surface area contributed by atoms with Crippen molar-refractivity contribution < 1.29 is 4.79 Å². The third-order valence-electron chi connectivity index (χ3n) is 4.05. The minimum atomic E-state index is 0.112. The summed E-state index contributed by atoms with van der Waals surface area (Å²) in [5.74, 6) is 0.112. The zero-order valence-corrected chi connectivity index (χ0v) is 13.1. The summed E-state index contributed by atoms with van der Waals surface area (Å²) in [4.78, 5) is 16.1. The molecule has 22 heavy (non-hydrogen) atoms. The van der Waals surface area contributed by atoms with Crippen LogP contribution in [0.2, 0.25) is 0 Å². The van der Waals surface area contributed by atoms with Gasteiger partial charge in [0.2, 0.25) is 5.91 Å². The summed E-state index contributed by atoms with van der Waals surface area (Å²) in [5.41, 5.74) is 6.54. The number of anilines is 2. The Morgan fingerprint density at radius 3 is 2.86 bits per heavy atom. The molecular weight excluding hydrogens is 274 g/mol. The number of carbonyl (C=O) groups excluding carboxylic acids is 1. The van der Waals surface area contributed by atoms with Gasteiger partial charge in [-0.2, -0.15) is 0 Å². The van der Waals surface area contributed by atoms with Crippen molar-refractivity contribution in [1.29, 1.82) is 0 Å². The van der Waals surface area contributed by atoms with Crippen molar-refractivity contribution >= 4 is 17.3 Å². The summed E-state index contributed by atoms with van der Waals surface area (Å²) in [7, 11) is 0. The van der Waals surface area contributed by atoms with Crippen molar-refractivity contribution in [2.75, 3.05) is 10.6 Å². The van der Waals surface area contributed by atoms with E-state index in [9.17, 15) is 4.79 Å². The van der Waals surface area contributed by atoms with Crippen molar-refractivity contribution in [3.8, 4) is 0 Å². The van der Waals surface area contributed by atoms with Crippen LogP contribution >= 0.6 is 0 Å². The maximum atomic E-state index is 11.6. The van der Waals surface area contributed by atoms with Gasteiger partial charge in [-0.1, -0.05) is 6.07 Å². The number of aromatic nitrogens is 1. The number of rotatable bonds is 3. The summed E-state index contributed by atoms with van der Waals surface area (Å²) >= 11 is 0. The predicted molar refractivity (Wildman–Crippen MR) is 89.0 cm³/mol. The smallest absolute Gasteiger partial charge is 0.224 e. The Morgan fingerprint density at radius 2 is 2.05 bits per heavy atom. The first kappa shape index (κ1) is 14.6. The Morgan fingerprint density at radius 1 is 1.18 bits per heavy atom. The average Bonchev–Trinajstić information content (AvgIpc) is 2.66. The molecule has 2 heterocycles. The van der Waals surface area contributed by atoms with E-state index < -0.39 is 0 Å². The quantitative estimate of drug-likeness (QED) is 0.910. The normalized spacial score (nSPS) is 14.0. The lowest BCUT2D eigenvalue weighted by Crippen LogP contribution is -2.09. The number of nitrogens with one attached hydrogen (secondary N) is 2. The van der Waals surface area contributed by atoms with Gasteiger partial charge >= 0.3 is 0 Å². The highest BCUT2D eigenvalue weighted by Crippen LogP contribution is 2.25. The van der Waals surface area contributed by atoms with Crippen LogP contribution in [0, 0.1) is 13.8 Å². The van der Waals surface area contributed by atoms with Gasteiger partial charge in [-0.15, -0.1) is 0 Å². The molecule has 0 aliphatic carbocycles. The number of nitrogens with zero attached hydrogens (tertiary/aromatic N) is 1. The lowest BCUT2D eigenvalue weighted by molar-refractivity contribution is -0.116. The maximum Gasteiger partial charge on any atom is 0.224 e. The molecule has 1 aromatic carbocycles. The fourth-order valence-corrected chi connectivity index (χ4v) is 2.78. The predicted octanol–water partition coefficient (Wildman–Crippen LogP) is 3.59. The van der Waals surface area contributed by atoms with Gasteiger partial charge in [-0.3, -0.25) is 9.78 Å². The Hall–Kier alpha value is -2.36. The van der Waals surface area contributed by atoms with Gasteiger partial charge in [-0.25, -0.2) is 0 Å². The number of amides is 1. The number of benzene rings is 1. The summed E-state index contributed by atoms with van der Waals surface area (Å²) in [6, 6.07) is 10.3. The fourth-order valence-electron chi connectivity index (χ4n) is 2.78. The summed E-state index contributed by atoms with van der Waals surface area (Å²) in [6.45, 7) is 4.80. The molecule has 0 saturated heterocycles. The first-order valence-corrected chi connectivity index (χ1v) is 7.71. The lowest BCUT2D eigenvalue weighted by Gasteiger charge is -2.12. The average molecular weight is 295 g/mol. The van der Waals surface area contributed by atoms with Gasteiger partial charge in [-0.05, 0) is 62.1 Å². The largest absolute Gasteiger partial charge is 0.381 e. The second-order valence-electron chi connectivity index (χ2n) is 5.82. The molecule has 0 fully saturated rings. The van der Waals surface area contributed by atoms with Crippen LogP contribution in [0.3, 0.4) is 0 Å². The van der Waals surface area contributed by atoms with E-state index in [0.717, 1.165) is 42.1 Å². The minimum absolute atomic E-state index is 0.112. The Balaban J connectivity index is 1.73. The van der Waals surface area contributed by atoms with Crippen LogP contribution in [0.5, 0.6) is 0 Å². The van der Waals surface area contributed by atoms with Crippen LogP contribution in [0.15, 0.2) is 30.3 Å². The zero-order valence-electron chi connectivity index (χ0n) is 13.1. The van der Waals surface area contributed by atoms with Crippen LogP contribution in [0.4, 0.5) is 11.4 Å². The molecule has 4 heteroatoms. The van der Waals surface area contributed by atoms with Crippen molar-refractivity contribution in [3.05, 3.63) is 52.8 Å². The lowest BCUT2D eigenvalue weighted by atomic mass is 10.1. The molecule has 2 N–H and O–H groups in total. The molecular formula is C18H21N3O. The molecule has 3 rings (SSSR count). The van der Waals surface area contributed by atoms with E-state index >= 15 is 0 Å². The summed E-state index contributed by atoms with van der Waals surface area (Å²) < 4.78 is 0. The highest BCUT2D eigenvalue weighted by molar-refractivity contribution is 5.92. The molecule has 2 aromatic rings. The highest BCUT2D eigenvalue weighted by atomic mass is 16.1. The maximum absolute atomic E-state index is 11.6. The summed E-state index contributed by atoms with van der Waals surface area (Å²) in [6.07, 6.45) is 2.45. The van der Waals surface area contributed by atoms with Crippen LogP contribution in [-0.4, -0.2) is 10.9 Å². The van der Waals surface area contributed by atoms with E-state index in [-0.39, 0.29) is 5.91 Å². The van der Waals surface area contributed by atoms with Gasteiger partial charge in [0.25, 0.3) is 0 Å². The third-order valence-corrected chi connectivity index (χ3v) is 4.05. The van der Waals surface area contributed by atoms with E-state index in [2.05, 4.69) is 27.8 Å². The number of hydrogen-bond acceptors (Lipinski definition) is 3. The monoisotopic (exact) mass is 295 g/mol. The second-order valence-corrected chi connectivity index (χ2v) is 5.82. The van der Waals surface area contributed by atoms with Gasteiger partial charge in [0, 0.05) is 35.7 Å². The fraction of sp³-hybridized carbons (Fsp3) is 0.333. The molecule has 4 nitrogen and oxygen atoms in total. The van der Waals surface area contributed by atoms with Crippen molar-refractivity contribution in [2.24, 2.45) is 0 Å². The number of pyridine rings is 1. The molecule has 1 amide bonds. The zero-order chi connectivity index (χ0) is 15.5. The molecule has 0 saturated carbocycles. The molecule has 0 bridgehead atoms. The number of carbonyl (C=O) groups is 1. The van der Waals surface area contributed by atoms with Crippen LogP contribution in [0.1, 0.15) is 35.4 Å². The van der Waals surface area contributed by atoms with E-state index in [1.165, 1.54) is 11.1 Å². The van der Waals surface area contributed by atoms with Gasteiger partial charge in [0.05, 0.1) is 0 Å². The van der Waals surface area contributed by atoms with E-state index in [0.29, 0.717) is 6.42 Å². The van der Waals surface area contributed by atoms with E-state index in [1.807, 2.05) is 32.0 Å². The Kier molecular flexibility index (Phi) is 4.09. The van der Waals surface area contributed by atoms with Crippen molar-refractivity contribution in [1.82, 2.24) is 4.98 Å². The molecule has 0 atom stereocenters. The molecule has 0 radical (unpaired) electrons. The molecule has 114 valence electrons. The first-order valence-electron chi connectivity index (χ1n) is 7.71. The third kappa shape index (κ3) is 3.27. The van der Waals surface area contributed by atoms with Crippen LogP contribution in [-0.2, 0) is 17.8 Å². The first-order chi connectivity index (χ1) is 10.6. The van der Waals surface area contributed by atoms with Crippen molar-refractivity contribution in [2.45, 2.75) is 39.7 Å². The minimum Gasteiger partial charge on any atom is -0.381 e. The van der Waals surface area contributed by atoms with Gasteiger partial charge in [0.1, 0.15) is 0 Å². The Labute approximate surface area is 131 Å². The highest BCUT2D eigenvalue weighted by Gasteiger charge is 2.13. The van der Waals surface area contributed by atoms with Crippen LogP contribution < -0.4 is 10.6 Å². The Bertz CT molecular complexity index is 709. The van der Waals surface area contributed by atoms with E-state index in [4.69, 9.17) is 0 Å². The molecule has 0 spiro atoms. The number of fused-ring (bicyclic) bond motifs is 1. The van der Waals surface area contributed by atoms with Crippen molar-refractivity contribution in [3.63, 3.8) is 0 Å². The molecule has 1 aliphatic rings. The molecule has 1 aromatic heterocycles. The van der Waals surface area contributed by atoms with Gasteiger partial charge < -0.3 is 10.6 Å². The second kappa shape index (κ2) is 6.18. The van der Waals surface area contributed by atoms with Crippen LogP contribution in [0.25, 0.3) is 0 Å². The number of aryl methyl sites for hydroxylation is 3. The molecule has 0 unspecified atom stereocenters. The summed E-state index contributed by atoms with van der Waals surface area (Å²) in [5, 5.41) is 6.41. The molecule has 1 aliphatic heterocycles. The topological polar surface area (TPSA) is 54.0 Å². The van der Waals surface area contributed by atoms with E-state index in [1.54, 1.807) is 0 Å². The van der Waals surface area contributed by atoms with Gasteiger partial charge in [0.15, 0.2) is 0 Å².